The highest BCUT2D eigenvalue weighted by Gasteiger charge is 2.16. The van der Waals surface area contributed by atoms with Gasteiger partial charge in [0.2, 0.25) is 0 Å². The minimum atomic E-state index is -0.586. The van der Waals surface area contributed by atoms with Gasteiger partial charge in [0.25, 0.3) is 0 Å². The standard InChI is InChI=1S/C10H8INO3/c1-2-15-10(14)7-4-3-6(5-12)8(11)9(7)13/h3-4,13H,2H2,1H3. The Bertz CT molecular complexity index is 437. The molecule has 0 aliphatic heterocycles. The van der Waals surface area contributed by atoms with Crippen molar-refractivity contribution >= 4 is 28.6 Å². The Balaban J connectivity index is 3.19. The number of halogens is 1. The largest absolute Gasteiger partial charge is 0.506 e. The summed E-state index contributed by atoms with van der Waals surface area (Å²) in [5.74, 6) is -0.787. The van der Waals surface area contributed by atoms with Gasteiger partial charge in [-0.05, 0) is 41.6 Å². The molecule has 4 nitrogen and oxygen atoms in total. The van der Waals surface area contributed by atoms with E-state index in [1.165, 1.54) is 12.1 Å². The predicted octanol–water partition coefficient (Wildman–Crippen LogP) is 2.05. The maximum atomic E-state index is 11.3. The summed E-state index contributed by atoms with van der Waals surface area (Å²) in [6.45, 7) is 1.93. The number of nitriles is 1. The summed E-state index contributed by atoms with van der Waals surface area (Å²) >= 11 is 1.81. The van der Waals surface area contributed by atoms with Crippen molar-refractivity contribution in [1.29, 1.82) is 5.26 Å². The zero-order valence-electron chi connectivity index (χ0n) is 7.95. The monoisotopic (exact) mass is 317 g/mol. The van der Waals surface area contributed by atoms with E-state index in [0.717, 1.165) is 0 Å². The van der Waals surface area contributed by atoms with Gasteiger partial charge in [0.15, 0.2) is 0 Å². The Morgan fingerprint density at radius 2 is 2.33 bits per heavy atom. The number of nitrogens with zero attached hydrogens (tertiary/aromatic N) is 1. The lowest BCUT2D eigenvalue weighted by atomic mass is 10.1. The zero-order chi connectivity index (χ0) is 11.4. The maximum absolute atomic E-state index is 11.3. The minimum Gasteiger partial charge on any atom is -0.506 e. The molecule has 1 aromatic carbocycles. The van der Waals surface area contributed by atoms with Gasteiger partial charge in [-0.3, -0.25) is 0 Å². The van der Waals surface area contributed by atoms with E-state index in [1.807, 2.05) is 28.7 Å². The first-order valence-electron chi connectivity index (χ1n) is 4.20. The highest BCUT2D eigenvalue weighted by Crippen LogP contribution is 2.27. The summed E-state index contributed by atoms with van der Waals surface area (Å²) in [5, 5.41) is 18.3. The molecule has 0 saturated heterocycles. The van der Waals surface area contributed by atoms with Crippen LogP contribution in [0.15, 0.2) is 12.1 Å². The van der Waals surface area contributed by atoms with Crippen molar-refractivity contribution in [3.63, 3.8) is 0 Å². The molecule has 0 fully saturated rings. The zero-order valence-corrected chi connectivity index (χ0v) is 10.1. The van der Waals surface area contributed by atoms with E-state index in [2.05, 4.69) is 0 Å². The molecule has 0 heterocycles. The Labute approximate surface area is 101 Å². The van der Waals surface area contributed by atoms with E-state index in [-0.39, 0.29) is 17.9 Å². The summed E-state index contributed by atoms with van der Waals surface area (Å²) in [5.41, 5.74) is 0.418. The van der Waals surface area contributed by atoms with Gasteiger partial charge in [-0.25, -0.2) is 4.79 Å². The minimum absolute atomic E-state index is 0.0836. The summed E-state index contributed by atoms with van der Waals surface area (Å²) in [7, 11) is 0. The molecular weight excluding hydrogens is 309 g/mol. The van der Waals surface area contributed by atoms with Gasteiger partial charge >= 0.3 is 5.97 Å². The van der Waals surface area contributed by atoms with Crippen molar-refractivity contribution in [2.24, 2.45) is 0 Å². The molecule has 0 aliphatic rings. The molecule has 1 aromatic rings. The van der Waals surface area contributed by atoms with Crippen LogP contribution in [-0.4, -0.2) is 17.7 Å². The molecule has 1 rings (SSSR count). The first-order chi connectivity index (χ1) is 7.11. The lowest BCUT2D eigenvalue weighted by Crippen LogP contribution is -2.05. The van der Waals surface area contributed by atoms with Gasteiger partial charge in [-0.15, -0.1) is 0 Å². The number of phenols is 1. The third-order valence-corrected chi connectivity index (χ3v) is 2.82. The van der Waals surface area contributed by atoms with Gasteiger partial charge in [0, 0.05) is 0 Å². The number of rotatable bonds is 2. The third-order valence-electron chi connectivity index (χ3n) is 1.73. The predicted molar refractivity (Wildman–Crippen MR) is 61.5 cm³/mol. The van der Waals surface area contributed by atoms with Gasteiger partial charge in [-0.2, -0.15) is 5.26 Å². The van der Waals surface area contributed by atoms with Crippen molar-refractivity contribution in [1.82, 2.24) is 0 Å². The highest BCUT2D eigenvalue weighted by molar-refractivity contribution is 14.1. The van der Waals surface area contributed by atoms with Crippen molar-refractivity contribution in [2.45, 2.75) is 6.92 Å². The quantitative estimate of drug-likeness (QED) is 0.669. The van der Waals surface area contributed by atoms with E-state index >= 15 is 0 Å². The van der Waals surface area contributed by atoms with Crippen LogP contribution >= 0.6 is 22.6 Å². The molecule has 0 radical (unpaired) electrons. The Kier molecular flexibility index (Phi) is 3.91. The average Bonchev–Trinajstić information content (AvgIpc) is 2.22. The Morgan fingerprint density at radius 1 is 1.67 bits per heavy atom. The van der Waals surface area contributed by atoms with Crippen LogP contribution in [0.2, 0.25) is 0 Å². The second kappa shape index (κ2) is 4.98. The number of carbonyl (C=O) groups is 1. The molecule has 78 valence electrons. The van der Waals surface area contributed by atoms with Gasteiger partial charge < -0.3 is 9.84 Å². The van der Waals surface area contributed by atoms with E-state index in [9.17, 15) is 9.90 Å². The normalized spacial score (nSPS) is 9.40. The molecule has 0 atom stereocenters. The smallest absolute Gasteiger partial charge is 0.341 e. The second-order valence-electron chi connectivity index (χ2n) is 2.66. The summed E-state index contributed by atoms with van der Waals surface area (Å²) in [6.07, 6.45) is 0. The van der Waals surface area contributed by atoms with Crippen molar-refractivity contribution in [3.8, 4) is 11.8 Å². The second-order valence-corrected chi connectivity index (χ2v) is 3.73. The van der Waals surface area contributed by atoms with Crippen molar-refractivity contribution in [3.05, 3.63) is 26.8 Å². The van der Waals surface area contributed by atoms with Crippen molar-refractivity contribution in [2.75, 3.05) is 6.61 Å². The van der Waals surface area contributed by atoms with Crippen LogP contribution in [0.1, 0.15) is 22.8 Å². The lowest BCUT2D eigenvalue weighted by Gasteiger charge is -2.06. The molecule has 0 amide bonds. The first-order valence-corrected chi connectivity index (χ1v) is 5.28. The van der Waals surface area contributed by atoms with Gasteiger partial charge in [0.1, 0.15) is 17.4 Å². The van der Waals surface area contributed by atoms with Gasteiger partial charge in [0.05, 0.1) is 15.7 Å². The number of hydrogen-bond donors (Lipinski definition) is 1. The van der Waals surface area contributed by atoms with Crippen LogP contribution in [-0.2, 0) is 4.74 Å². The van der Waals surface area contributed by atoms with Crippen LogP contribution in [0.3, 0.4) is 0 Å². The van der Waals surface area contributed by atoms with Crippen LogP contribution in [0.4, 0.5) is 0 Å². The summed E-state index contributed by atoms with van der Waals surface area (Å²) < 4.78 is 5.11. The molecule has 0 unspecified atom stereocenters. The van der Waals surface area contributed by atoms with Crippen LogP contribution in [0.25, 0.3) is 0 Å². The molecule has 15 heavy (non-hydrogen) atoms. The molecule has 0 saturated carbocycles. The number of carbonyl (C=O) groups excluding carboxylic acids is 1. The molecule has 0 bridgehead atoms. The topological polar surface area (TPSA) is 70.3 Å². The van der Waals surface area contributed by atoms with Crippen LogP contribution < -0.4 is 0 Å². The van der Waals surface area contributed by atoms with Gasteiger partial charge in [-0.1, -0.05) is 0 Å². The van der Waals surface area contributed by atoms with E-state index < -0.39 is 5.97 Å². The number of aromatic hydroxyl groups is 1. The fraction of sp³-hybridized carbons (Fsp3) is 0.200. The lowest BCUT2D eigenvalue weighted by molar-refractivity contribution is 0.0523. The number of ether oxygens (including phenoxy) is 1. The fourth-order valence-electron chi connectivity index (χ4n) is 1.02. The SMILES string of the molecule is CCOC(=O)c1ccc(C#N)c(I)c1O. The van der Waals surface area contributed by atoms with E-state index in [1.54, 1.807) is 6.92 Å². The maximum Gasteiger partial charge on any atom is 0.341 e. The summed E-state index contributed by atoms with van der Waals surface area (Å²) in [6, 6.07) is 4.78. The van der Waals surface area contributed by atoms with Crippen molar-refractivity contribution < 1.29 is 14.6 Å². The Morgan fingerprint density at radius 3 is 2.87 bits per heavy atom. The third kappa shape index (κ3) is 2.39. The average molecular weight is 317 g/mol. The summed E-state index contributed by atoms with van der Waals surface area (Å²) in [4.78, 5) is 11.3. The molecule has 1 N–H and O–H groups in total. The van der Waals surface area contributed by atoms with E-state index in [0.29, 0.717) is 9.13 Å². The molecule has 0 aliphatic carbocycles. The van der Waals surface area contributed by atoms with Crippen LogP contribution in [0, 0.1) is 14.9 Å². The molecular formula is C10H8INO3. The van der Waals surface area contributed by atoms with E-state index in [4.69, 9.17) is 10.00 Å². The molecule has 0 spiro atoms. The number of hydrogen-bond acceptors (Lipinski definition) is 4. The molecule has 0 aromatic heterocycles. The number of benzene rings is 1. The fourth-order valence-corrected chi connectivity index (χ4v) is 1.62. The Hall–Kier alpha value is -1.29. The number of esters is 1. The number of phenolic OH excluding ortho intramolecular Hbond substituents is 1. The molecule has 5 heteroatoms. The first kappa shape index (κ1) is 11.8. The van der Waals surface area contributed by atoms with Crippen LogP contribution in [0.5, 0.6) is 5.75 Å². The highest BCUT2D eigenvalue weighted by atomic mass is 127.